The lowest BCUT2D eigenvalue weighted by molar-refractivity contribution is -0.0501. The van der Waals surface area contributed by atoms with Gasteiger partial charge in [0.15, 0.2) is 0 Å². The lowest BCUT2D eigenvalue weighted by Crippen LogP contribution is -2.30. The molecule has 0 heterocycles. The van der Waals surface area contributed by atoms with Crippen LogP contribution in [0.25, 0.3) is 0 Å². The molecule has 0 saturated carbocycles. The standard InChI is InChI=1S/C14H19F2NO3/c1-9(7-10(2)18)8-17-13(19)11-5-3-4-6-12(11)20-14(15)16/h3-6,9-10,14,18H,7-8H2,1-2H3,(H,17,19). The van der Waals surface area contributed by atoms with Crippen LogP contribution in [0.3, 0.4) is 0 Å². The SMILES string of the molecule is CC(O)CC(C)CNC(=O)c1ccccc1OC(F)F. The van der Waals surface area contributed by atoms with E-state index < -0.39 is 18.6 Å². The second-order valence-corrected chi connectivity index (χ2v) is 4.77. The number of amides is 1. The zero-order chi connectivity index (χ0) is 15.1. The summed E-state index contributed by atoms with van der Waals surface area (Å²) < 4.78 is 28.8. The van der Waals surface area contributed by atoms with Crippen LogP contribution in [0.4, 0.5) is 8.78 Å². The molecular weight excluding hydrogens is 268 g/mol. The second-order valence-electron chi connectivity index (χ2n) is 4.77. The van der Waals surface area contributed by atoms with Gasteiger partial charge in [0.25, 0.3) is 5.91 Å². The van der Waals surface area contributed by atoms with Crippen molar-refractivity contribution in [3.8, 4) is 5.75 Å². The number of alkyl halides is 2. The normalized spacial score (nSPS) is 13.9. The third kappa shape index (κ3) is 5.52. The smallest absolute Gasteiger partial charge is 0.387 e. The van der Waals surface area contributed by atoms with Gasteiger partial charge in [0, 0.05) is 6.54 Å². The number of benzene rings is 1. The highest BCUT2D eigenvalue weighted by atomic mass is 19.3. The highest BCUT2D eigenvalue weighted by molar-refractivity contribution is 5.96. The molecule has 4 nitrogen and oxygen atoms in total. The first-order valence-corrected chi connectivity index (χ1v) is 6.40. The maximum absolute atomic E-state index is 12.2. The van der Waals surface area contributed by atoms with E-state index in [4.69, 9.17) is 0 Å². The van der Waals surface area contributed by atoms with Gasteiger partial charge >= 0.3 is 6.61 Å². The van der Waals surface area contributed by atoms with E-state index in [2.05, 4.69) is 10.1 Å². The number of rotatable bonds is 7. The van der Waals surface area contributed by atoms with Gasteiger partial charge in [-0.3, -0.25) is 4.79 Å². The van der Waals surface area contributed by atoms with Crippen LogP contribution in [0.15, 0.2) is 24.3 Å². The van der Waals surface area contributed by atoms with Gasteiger partial charge in [0.2, 0.25) is 0 Å². The predicted molar refractivity (Wildman–Crippen MR) is 70.9 cm³/mol. The molecule has 6 heteroatoms. The molecule has 1 rings (SSSR count). The number of aliphatic hydroxyl groups excluding tert-OH is 1. The van der Waals surface area contributed by atoms with Gasteiger partial charge in [-0.05, 0) is 31.4 Å². The fourth-order valence-electron chi connectivity index (χ4n) is 1.88. The first-order valence-electron chi connectivity index (χ1n) is 6.40. The monoisotopic (exact) mass is 287 g/mol. The summed E-state index contributed by atoms with van der Waals surface area (Å²) in [6.45, 7) is 0.934. The van der Waals surface area contributed by atoms with Crippen molar-refractivity contribution in [2.75, 3.05) is 6.54 Å². The van der Waals surface area contributed by atoms with Crippen LogP contribution in [0, 0.1) is 5.92 Å². The summed E-state index contributed by atoms with van der Waals surface area (Å²) in [7, 11) is 0. The summed E-state index contributed by atoms with van der Waals surface area (Å²) in [5.41, 5.74) is 0.0667. The summed E-state index contributed by atoms with van der Waals surface area (Å²) in [4.78, 5) is 11.9. The Morgan fingerprint density at radius 3 is 2.60 bits per heavy atom. The molecule has 1 aromatic carbocycles. The molecule has 0 bridgehead atoms. The van der Waals surface area contributed by atoms with E-state index in [1.165, 1.54) is 18.2 Å². The molecule has 2 atom stereocenters. The number of aliphatic hydroxyl groups is 1. The summed E-state index contributed by atoms with van der Waals surface area (Å²) in [5, 5.41) is 11.9. The average Bonchev–Trinajstić information content (AvgIpc) is 2.35. The fraction of sp³-hybridized carbons (Fsp3) is 0.500. The molecule has 0 spiro atoms. The van der Waals surface area contributed by atoms with Gasteiger partial charge < -0.3 is 15.2 Å². The van der Waals surface area contributed by atoms with E-state index in [9.17, 15) is 18.7 Å². The maximum Gasteiger partial charge on any atom is 0.387 e. The van der Waals surface area contributed by atoms with E-state index in [-0.39, 0.29) is 17.2 Å². The highest BCUT2D eigenvalue weighted by Gasteiger charge is 2.16. The average molecular weight is 287 g/mol. The first-order chi connectivity index (χ1) is 9.40. The lowest BCUT2D eigenvalue weighted by Gasteiger charge is -2.15. The van der Waals surface area contributed by atoms with Crippen LogP contribution in [0.1, 0.15) is 30.6 Å². The first kappa shape index (κ1) is 16.4. The lowest BCUT2D eigenvalue weighted by atomic mass is 10.0. The Labute approximate surface area is 116 Å². The Hall–Kier alpha value is -1.69. The molecule has 0 aliphatic rings. The maximum atomic E-state index is 12.2. The van der Waals surface area contributed by atoms with Crippen molar-refractivity contribution < 1.29 is 23.4 Å². The van der Waals surface area contributed by atoms with Crippen molar-refractivity contribution in [2.24, 2.45) is 5.92 Å². The van der Waals surface area contributed by atoms with Crippen molar-refractivity contribution in [3.63, 3.8) is 0 Å². The highest BCUT2D eigenvalue weighted by Crippen LogP contribution is 2.20. The molecule has 112 valence electrons. The molecule has 0 saturated heterocycles. The van der Waals surface area contributed by atoms with Gasteiger partial charge in [-0.2, -0.15) is 8.78 Å². The summed E-state index contributed by atoms with van der Waals surface area (Å²) in [6.07, 6.45) is 0.103. The largest absolute Gasteiger partial charge is 0.434 e. The van der Waals surface area contributed by atoms with Crippen molar-refractivity contribution in [1.29, 1.82) is 0 Å². The number of halogens is 2. The van der Waals surface area contributed by atoms with Crippen molar-refractivity contribution >= 4 is 5.91 Å². The number of ether oxygens (including phenoxy) is 1. The summed E-state index contributed by atoms with van der Waals surface area (Å²) >= 11 is 0. The Morgan fingerprint density at radius 2 is 2.00 bits per heavy atom. The molecule has 0 radical (unpaired) electrons. The van der Waals surface area contributed by atoms with E-state index in [1.807, 2.05) is 6.92 Å². The number of hydrogen-bond donors (Lipinski definition) is 2. The van der Waals surface area contributed by atoms with Gasteiger partial charge in [-0.1, -0.05) is 19.1 Å². The van der Waals surface area contributed by atoms with Gasteiger partial charge in [0.05, 0.1) is 11.7 Å². The van der Waals surface area contributed by atoms with Crippen molar-refractivity contribution in [3.05, 3.63) is 29.8 Å². The second kappa shape index (κ2) is 7.79. The van der Waals surface area contributed by atoms with Crippen molar-refractivity contribution in [1.82, 2.24) is 5.32 Å². The summed E-state index contributed by atoms with van der Waals surface area (Å²) in [6, 6.07) is 5.84. The molecule has 20 heavy (non-hydrogen) atoms. The minimum Gasteiger partial charge on any atom is -0.434 e. The van der Waals surface area contributed by atoms with Crippen LogP contribution in [0.5, 0.6) is 5.75 Å². The van der Waals surface area contributed by atoms with Crippen LogP contribution in [-0.4, -0.2) is 30.3 Å². The van der Waals surface area contributed by atoms with E-state index in [0.717, 1.165) is 0 Å². The minimum atomic E-state index is -2.97. The van der Waals surface area contributed by atoms with Gasteiger partial charge in [-0.25, -0.2) is 0 Å². The topological polar surface area (TPSA) is 58.6 Å². The summed E-state index contributed by atoms with van der Waals surface area (Å²) in [5.74, 6) is -0.538. The molecular formula is C14H19F2NO3. The van der Waals surface area contributed by atoms with Gasteiger partial charge in [0.1, 0.15) is 5.75 Å². The quantitative estimate of drug-likeness (QED) is 0.809. The zero-order valence-electron chi connectivity index (χ0n) is 11.5. The molecule has 1 aromatic rings. The fourth-order valence-corrected chi connectivity index (χ4v) is 1.88. The molecule has 0 aliphatic carbocycles. The molecule has 0 aromatic heterocycles. The van der Waals surface area contributed by atoms with Crippen LogP contribution in [-0.2, 0) is 0 Å². The van der Waals surface area contributed by atoms with E-state index in [0.29, 0.717) is 13.0 Å². The number of carbonyl (C=O) groups is 1. The van der Waals surface area contributed by atoms with Crippen molar-refractivity contribution in [2.45, 2.75) is 33.0 Å². The van der Waals surface area contributed by atoms with Crippen LogP contribution in [0.2, 0.25) is 0 Å². The minimum absolute atomic E-state index is 0.0667. The number of hydrogen-bond acceptors (Lipinski definition) is 3. The predicted octanol–water partition coefficient (Wildman–Crippen LogP) is 2.42. The molecule has 2 N–H and O–H groups in total. The Morgan fingerprint density at radius 1 is 1.35 bits per heavy atom. The van der Waals surface area contributed by atoms with Crippen LogP contribution < -0.4 is 10.1 Å². The number of para-hydroxylation sites is 1. The van der Waals surface area contributed by atoms with Gasteiger partial charge in [-0.15, -0.1) is 0 Å². The third-order valence-electron chi connectivity index (χ3n) is 2.70. The van der Waals surface area contributed by atoms with Crippen LogP contribution >= 0.6 is 0 Å². The van der Waals surface area contributed by atoms with E-state index >= 15 is 0 Å². The van der Waals surface area contributed by atoms with E-state index in [1.54, 1.807) is 13.0 Å². The molecule has 0 fully saturated rings. The number of nitrogens with one attached hydrogen (secondary N) is 1. The molecule has 0 aliphatic heterocycles. The molecule has 1 amide bonds. The Kier molecular flexibility index (Phi) is 6.38. The number of carbonyl (C=O) groups excluding carboxylic acids is 1. The zero-order valence-corrected chi connectivity index (χ0v) is 11.5. The third-order valence-corrected chi connectivity index (χ3v) is 2.70. The Bertz CT molecular complexity index is 438. The molecule has 2 unspecified atom stereocenters. The Balaban J connectivity index is 2.63.